The van der Waals surface area contributed by atoms with E-state index < -0.39 is 0 Å². The van der Waals surface area contributed by atoms with E-state index in [0.717, 1.165) is 22.3 Å². The van der Waals surface area contributed by atoms with Crippen molar-refractivity contribution >= 4 is 27.4 Å². The first-order chi connectivity index (χ1) is 7.75. The summed E-state index contributed by atoms with van der Waals surface area (Å²) in [6, 6.07) is 14.2. The summed E-state index contributed by atoms with van der Waals surface area (Å²) in [4.78, 5) is 4.59. The summed E-state index contributed by atoms with van der Waals surface area (Å²) in [7, 11) is 0. The third-order valence-corrected chi connectivity index (χ3v) is 2.92. The topological polar surface area (TPSA) is 38.9 Å². The van der Waals surface area contributed by atoms with E-state index in [0.29, 0.717) is 0 Å². The molecule has 1 heterocycles. The number of fused-ring (bicyclic) bond motifs is 3. The number of aromatic nitrogens is 1. The first-order valence-electron chi connectivity index (χ1n) is 5.30. The predicted octanol–water partition coefficient (Wildman–Crippen LogP) is 3.28. The van der Waals surface area contributed by atoms with Gasteiger partial charge >= 0.3 is 0 Å². The van der Waals surface area contributed by atoms with Crippen LogP contribution in [0.25, 0.3) is 21.7 Å². The molecule has 2 N–H and O–H groups in total. The molecular weight excluding hydrogens is 196 g/mol. The number of pyridine rings is 1. The lowest BCUT2D eigenvalue weighted by atomic mass is 10.0. The molecule has 0 unspecified atom stereocenters. The van der Waals surface area contributed by atoms with Gasteiger partial charge in [0, 0.05) is 22.2 Å². The standard InChI is InChI=1S/C14H12N2/c1-9-13-8-10(15)6-7-11(13)12-4-2-3-5-14(12)16-9/h2-8H,15H2,1H3. The summed E-state index contributed by atoms with van der Waals surface area (Å²) in [6.07, 6.45) is 0. The molecule has 2 aromatic carbocycles. The van der Waals surface area contributed by atoms with Crippen molar-refractivity contribution in [3.05, 3.63) is 48.2 Å². The van der Waals surface area contributed by atoms with E-state index >= 15 is 0 Å². The number of hydrogen-bond acceptors (Lipinski definition) is 2. The minimum absolute atomic E-state index is 0.785. The molecule has 0 aliphatic rings. The molecular formula is C14H12N2. The molecule has 0 saturated carbocycles. The highest BCUT2D eigenvalue weighted by Crippen LogP contribution is 2.27. The maximum Gasteiger partial charge on any atom is 0.0711 e. The first kappa shape index (κ1) is 9.16. The van der Waals surface area contributed by atoms with Crippen LogP contribution in [-0.4, -0.2) is 4.98 Å². The summed E-state index contributed by atoms with van der Waals surface area (Å²) in [5.74, 6) is 0. The van der Waals surface area contributed by atoms with Gasteiger partial charge in [-0.25, -0.2) is 0 Å². The fourth-order valence-corrected chi connectivity index (χ4v) is 2.14. The summed E-state index contributed by atoms with van der Waals surface area (Å²) in [5.41, 5.74) is 8.66. The van der Waals surface area contributed by atoms with Crippen LogP contribution >= 0.6 is 0 Å². The Bertz CT molecular complexity index is 687. The van der Waals surface area contributed by atoms with Crippen LogP contribution < -0.4 is 5.73 Å². The molecule has 3 aromatic rings. The molecule has 0 spiro atoms. The van der Waals surface area contributed by atoms with Gasteiger partial charge in [-0.05, 0) is 30.5 Å². The highest BCUT2D eigenvalue weighted by Gasteiger charge is 2.04. The minimum Gasteiger partial charge on any atom is -0.399 e. The van der Waals surface area contributed by atoms with E-state index in [1.165, 1.54) is 10.8 Å². The Morgan fingerprint density at radius 1 is 0.938 bits per heavy atom. The van der Waals surface area contributed by atoms with Crippen LogP contribution in [-0.2, 0) is 0 Å². The lowest BCUT2D eigenvalue weighted by molar-refractivity contribution is 1.29. The molecule has 16 heavy (non-hydrogen) atoms. The van der Waals surface area contributed by atoms with Gasteiger partial charge in [-0.2, -0.15) is 0 Å². The Kier molecular flexibility index (Phi) is 1.83. The molecule has 78 valence electrons. The van der Waals surface area contributed by atoms with Crippen LogP contribution in [0, 0.1) is 6.92 Å². The summed E-state index contributed by atoms with van der Waals surface area (Å²) < 4.78 is 0. The van der Waals surface area contributed by atoms with Crippen LogP contribution in [0.3, 0.4) is 0 Å². The largest absolute Gasteiger partial charge is 0.399 e. The predicted molar refractivity (Wildman–Crippen MR) is 68.4 cm³/mol. The Morgan fingerprint density at radius 2 is 1.75 bits per heavy atom. The molecule has 0 saturated heterocycles. The van der Waals surface area contributed by atoms with E-state index in [4.69, 9.17) is 5.73 Å². The lowest BCUT2D eigenvalue weighted by Crippen LogP contribution is -1.90. The zero-order valence-corrected chi connectivity index (χ0v) is 9.07. The molecule has 3 rings (SSSR count). The average Bonchev–Trinajstić information content (AvgIpc) is 2.29. The van der Waals surface area contributed by atoms with Crippen molar-refractivity contribution in [3.63, 3.8) is 0 Å². The fraction of sp³-hybridized carbons (Fsp3) is 0.0714. The maximum atomic E-state index is 5.81. The molecule has 0 amide bonds. The molecule has 0 radical (unpaired) electrons. The van der Waals surface area contributed by atoms with Crippen LogP contribution in [0.4, 0.5) is 5.69 Å². The normalized spacial score (nSPS) is 11.1. The Balaban J connectivity index is 2.59. The third-order valence-electron chi connectivity index (χ3n) is 2.92. The molecule has 0 aliphatic heterocycles. The Labute approximate surface area is 93.7 Å². The van der Waals surface area contributed by atoms with Gasteiger partial charge in [0.2, 0.25) is 0 Å². The summed E-state index contributed by atoms with van der Waals surface area (Å²) >= 11 is 0. The zero-order valence-electron chi connectivity index (χ0n) is 9.07. The molecule has 2 heteroatoms. The molecule has 0 aliphatic carbocycles. The van der Waals surface area contributed by atoms with E-state index in [9.17, 15) is 0 Å². The van der Waals surface area contributed by atoms with Gasteiger partial charge in [-0.1, -0.05) is 24.3 Å². The summed E-state index contributed by atoms with van der Waals surface area (Å²) in [5, 5.41) is 3.54. The van der Waals surface area contributed by atoms with Gasteiger partial charge in [-0.15, -0.1) is 0 Å². The Hall–Kier alpha value is -2.09. The number of benzene rings is 2. The third kappa shape index (κ3) is 1.23. The van der Waals surface area contributed by atoms with Crippen molar-refractivity contribution < 1.29 is 0 Å². The second-order valence-corrected chi connectivity index (χ2v) is 4.02. The van der Waals surface area contributed by atoms with Crippen LogP contribution in [0.5, 0.6) is 0 Å². The lowest BCUT2D eigenvalue weighted by Gasteiger charge is -2.07. The number of nitrogen functional groups attached to an aromatic ring is 1. The van der Waals surface area contributed by atoms with E-state index in [-0.39, 0.29) is 0 Å². The maximum absolute atomic E-state index is 5.81. The highest BCUT2D eigenvalue weighted by molar-refractivity contribution is 6.07. The van der Waals surface area contributed by atoms with Gasteiger partial charge in [0.25, 0.3) is 0 Å². The number of aryl methyl sites for hydroxylation is 1. The molecule has 1 aromatic heterocycles. The van der Waals surface area contributed by atoms with Gasteiger partial charge in [0.05, 0.1) is 5.52 Å². The van der Waals surface area contributed by atoms with E-state index in [2.05, 4.69) is 17.1 Å². The van der Waals surface area contributed by atoms with E-state index in [1.807, 2.05) is 37.3 Å². The fourth-order valence-electron chi connectivity index (χ4n) is 2.14. The molecule has 0 fully saturated rings. The van der Waals surface area contributed by atoms with Crippen molar-refractivity contribution in [1.82, 2.24) is 4.98 Å². The molecule has 0 atom stereocenters. The van der Waals surface area contributed by atoms with Crippen LogP contribution in [0.2, 0.25) is 0 Å². The van der Waals surface area contributed by atoms with Crippen molar-refractivity contribution in [2.75, 3.05) is 5.73 Å². The number of nitrogens with zero attached hydrogens (tertiary/aromatic N) is 1. The van der Waals surface area contributed by atoms with Crippen molar-refractivity contribution in [2.45, 2.75) is 6.92 Å². The average molecular weight is 208 g/mol. The van der Waals surface area contributed by atoms with Gasteiger partial charge in [0.15, 0.2) is 0 Å². The SMILES string of the molecule is Cc1nc2ccccc2c2ccc(N)cc12. The van der Waals surface area contributed by atoms with Gasteiger partial charge in [0.1, 0.15) is 0 Å². The molecule has 2 nitrogen and oxygen atoms in total. The number of anilines is 1. The Morgan fingerprint density at radius 3 is 2.62 bits per heavy atom. The number of hydrogen-bond donors (Lipinski definition) is 1. The van der Waals surface area contributed by atoms with Crippen molar-refractivity contribution in [2.24, 2.45) is 0 Å². The number of rotatable bonds is 0. The summed E-state index contributed by atoms with van der Waals surface area (Å²) in [6.45, 7) is 2.02. The smallest absolute Gasteiger partial charge is 0.0711 e. The van der Waals surface area contributed by atoms with Gasteiger partial charge in [-0.3, -0.25) is 4.98 Å². The van der Waals surface area contributed by atoms with Crippen molar-refractivity contribution in [3.8, 4) is 0 Å². The first-order valence-corrected chi connectivity index (χ1v) is 5.30. The second kappa shape index (κ2) is 3.20. The van der Waals surface area contributed by atoms with Crippen LogP contribution in [0.1, 0.15) is 5.69 Å². The van der Waals surface area contributed by atoms with Crippen molar-refractivity contribution in [1.29, 1.82) is 0 Å². The highest BCUT2D eigenvalue weighted by atomic mass is 14.7. The zero-order chi connectivity index (χ0) is 11.1. The van der Waals surface area contributed by atoms with Gasteiger partial charge < -0.3 is 5.73 Å². The quantitative estimate of drug-likeness (QED) is 0.455. The molecule has 0 bridgehead atoms. The van der Waals surface area contributed by atoms with Crippen LogP contribution in [0.15, 0.2) is 42.5 Å². The second-order valence-electron chi connectivity index (χ2n) is 4.02. The number of para-hydroxylation sites is 1. The van der Waals surface area contributed by atoms with E-state index in [1.54, 1.807) is 0 Å². The minimum atomic E-state index is 0.785. The number of nitrogens with two attached hydrogens (primary N) is 1. The monoisotopic (exact) mass is 208 g/mol.